The van der Waals surface area contributed by atoms with Crippen molar-refractivity contribution in [3.05, 3.63) is 339 Å². The Balaban J connectivity index is 0.000000193. The van der Waals surface area contributed by atoms with Gasteiger partial charge in [0, 0.05) is 84.6 Å². The van der Waals surface area contributed by atoms with Crippen molar-refractivity contribution in [2.75, 3.05) is 0 Å². The van der Waals surface area contributed by atoms with Crippen LogP contribution in [-0.2, 0) is 26.2 Å². The van der Waals surface area contributed by atoms with Gasteiger partial charge in [0.2, 0.25) is 0 Å². The number of halogens is 24. The number of nitrogens with zero attached hydrogens (tertiary/aromatic N) is 6. The minimum absolute atomic E-state index is 0.837. The molecule has 26 heterocycles. The summed E-state index contributed by atoms with van der Waals surface area (Å²) in [7, 11) is -42.6. The Labute approximate surface area is 657 Å². The molecule has 0 saturated carbocycles. The molecule has 34 heteroatoms. The summed E-state index contributed by atoms with van der Waals surface area (Å²) in [6, 6.07) is 101. The average Bonchev–Trinajstić information content (AvgIpc) is 0.749. The van der Waals surface area contributed by atoms with E-state index in [4.69, 9.17) is 10.5 Å². The molecular weight excluding hydrogens is 1670 g/mol. The molecule has 0 saturated heterocycles. The van der Waals surface area contributed by atoms with E-state index in [1.165, 1.54) is 145 Å². The van der Waals surface area contributed by atoms with E-state index >= 15 is 0 Å². The molecule has 0 radical (unpaired) electrons. The predicted molar refractivity (Wildman–Crippen MR) is 422 cm³/mol. The number of rotatable bonds is 0. The van der Waals surface area contributed by atoms with Gasteiger partial charge in [0.15, 0.2) is 75.8 Å². The predicted octanol–water partition coefficient (Wildman–Crippen LogP) is 31.8. The van der Waals surface area contributed by atoms with Crippen molar-refractivity contribution < 1.29 is 119 Å². The van der Waals surface area contributed by atoms with Gasteiger partial charge in [-0.25, -0.2) is 18.3 Å². The maximum atomic E-state index is 9.87. The molecule has 22 aliphatic heterocycles. The molecule has 38 rings (SSSR count). The Bertz CT molecular complexity index is 5330. The van der Waals surface area contributed by atoms with Crippen molar-refractivity contribution in [3.8, 4) is 56.6 Å². The fourth-order valence-electron chi connectivity index (χ4n) is 12.4. The molecule has 0 aliphatic carbocycles. The van der Waals surface area contributed by atoms with Crippen molar-refractivity contribution in [2.24, 2.45) is 0 Å². The molecule has 16 aromatic rings. The van der Waals surface area contributed by atoms with Crippen LogP contribution in [0.3, 0.4) is 0 Å². The summed E-state index contributed by atoms with van der Waals surface area (Å²) in [6.45, 7) is 6.21. The zero-order valence-electron chi connectivity index (χ0n) is 61.4. The minimum Gasteiger partial charge on any atom is -0.201 e. The van der Waals surface area contributed by atoms with Gasteiger partial charge < -0.3 is 0 Å². The number of benzene rings is 12. The van der Waals surface area contributed by atoms with Gasteiger partial charge >= 0.3 is 132 Å². The molecule has 0 atom stereocenters. The van der Waals surface area contributed by atoms with E-state index in [0.717, 1.165) is 26.2 Å². The molecule has 0 unspecified atom stereocenters. The Morgan fingerprint density at radius 2 is 0.305 bits per heavy atom. The smallest absolute Gasteiger partial charge is 0.173 e. The fraction of sp³-hybridized carbons (Fsp3) is 0.0714. The van der Waals surface area contributed by atoms with Crippen LogP contribution in [0.4, 0.5) is 101 Å². The molecule has 22 aliphatic rings. The molecule has 12 aromatic carbocycles. The molecule has 620 valence electrons. The molecule has 16 bridgehead atoms. The second-order valence-electron chi connectivity index (χ2n) is 26.7. The van der Waals surface area contributed by atoms with Gasteiger partial charge in [-0.05, 0) is 109 Å². The molecule has 0 N–H and O–H groups in total. The van der Waals surface area contributed by atoms with Gasteiger partial charge in [-0.3, -0.25) is 0 Å². The summed E-state index contributed by atoms with van der Waals surface area (Å²) in [6.07, 6.45) is 17.4. The van der Waals surface area contributed by atoms with Crippen LogP contribution in [0.1, 0.15) is 36.1 Å². The summed E-state index contributed by atoms with van der Waals surface area (Å²) in [4.78, 5) is 0. The third kappa shape index (κ3) is 32.8. The first-order chi connectivity index (χ1) is 54.2. The van der Waals surface area contributed by atoms with Crippen LogP contribution in [-0.4, -0.2) is 0 Å². The van der Waals surface area contributed by atoms with Crippen molar-refractivity contribution in [1.82, 2.24) is 0 Å². The Morgan fingerprint density at radius 1 is 0.195 bits per heavy atom. The molecule has 0 amide bonds. The van der Waals surface area contributed by atoms with Gasteiger partial charge in [0.1, 0.15) is 0 Å². The first-order valence-electron chi connectivity index (χ1n) is 34.6. The van der Waals surface area contributed by atoms with Crippen LogP contribution in [0.2, 0.25) is 0 Å². The largest absolute Gasteiger partial charge is 0.201 e. The van der Waals surface area contributed by atoms with Gasteiger partial charge in [0.05, 0.1) is 12.1 Å². The van der Waals surface area contributed by atoms with Crippen molar-refractivity contribution in [1.29, 1.82) is 10.5 Å². The van der Waals surface area contributed by atoms with Crippen LogP contribution < -0.4 is 18.3 Å². The third-order valence-corrected chi connectivity index (χ3v) is 17.0. The summed E-state index contributed by atoms with van der Waals surface area (Å²) in [5, 5.41) is 30.9. The fourth-order valence-corrected chi connectivity index (χ4v) is 12.4. The molecular formula is C84H66F24N6P4. The van der Waals surface area contributed by atoms with Crippen LogP contribution in [0.25, 0.3) is 109 Å². The maximum absolute atomic E-state index is 10.7. The molecule has 6 nitrogen and oxygen atoms in total. The number of pyridine rings is 4. The van der Waals surface area contributed by atoms with Crippen LogP contribution in [0.15, 0.2) is 316 Å². The summed E-state index contributed by atoms with van der Waals surface area (Å²) in [5.74, 6) is 0. The summed E-state index contributed by atoms with van der Waals surface area (Å²) in [5.41, 5.74) is 14.9. The van der Waals surface area contributed by atoms with Crippen LogP contribution in [0.5, 0.6) is 0 Å². The molecule has 0 fully saturated rings. The van der Waals surface area contributed by atoms with E-state index < -0.39 is 31.2 Å². The van der Waals surface area contributed by atoms with Crippen molar-refractivity contribution in [3.63, 3.8) is 0 Å². The second kappa shape index (κ2) is 31.7. The Kier molecular flexibility index (Phi) is 24.2. The van der Waals surface area contributed by atoms with E-state index in [0.29, 0.717) is 0 Å². The number of nitriles is 2. The van der Waals surface area contributed by atoms with E-state index in [1.54, 1.807) is 12.1 Å². The molecule has 118 heavy (non-hydrogen) atoms. The SMILES string of the molecule is CC#N.CC#N.F[P-](F)(F)(F)(F)F.F[P-](F)(F)(F)(F)F.F[P-](F)(F)(F)(F)F.F[P-](F)(F)(F)(F)F.c1cc2ccc1C[n+]1ccc(cc1)-c1ccc(cc1)-c1cc[n+](cc1)Cc1ccc(cc1)C[n+]1ccc(cc1)-c1ccc(cc1)-c1cc[n+](cc1)C2.c1cc2ccc3cccc4ccc(c1)c2c34.c1cc2ccc3cccc4ccc(c1)c2c34. The second-order valence-corrected chi connectivity index (χ2v) is 34.4. The quantitative estimate of drug-likeness (QED) is 0.0657. The minimum atomic E-state index is -10.7. The first-order valence-corrected chi connectivity index (χ1v) is 42.7. The number of hydrogen-bond acceptors (Lipinski definition) is 2. The summed E-state index contributed by atoms with van der Waals surface area (Å²) >= 11 is 0. The Morgan fingerprint density at radius 3 is 0.424 bits per heavy atom. The standard InChI is InChI=1S/C48H40N4.2C16H10.2C2H3N.4F6P/c1-2-38-4-3-37(1)33-49-25-17-45(18-26-49)41-9-11-43(12-10-41)47-21-29-51(30-22-47)35-39-5-7-40(8-6-39)36-52-31-23-48(24-32-52)44-15-13-42(14-16-44)46-19-27-50(34-38)28-20-46;2*1-3-11-7-9-13-5-2-6-14-10-8-12(4-1)15(11)16(13)14;2*1-2-3;4*1-7(2,3,4,5)6/h1-32H,33-36H2;2*1-10H;2*1H3;;;;/q+4;;;;;4*-1. The van der Waals surface area contributed by atoms with E-state index in [1.807, 2.05) is 0 Å². The summed E-state index contributed by atoms with van der Waals surface area (Å²) < 4.78 is 246. The third-order valence-electron chi connectivity index (χ3n) is 17.0. The van der Waals surface area contributed by atoms with E-state index in [-0.39, 0.29) is 0 Å². The maximum Gasteiger partial charge on any atom is 0.173 e. The average molecular weight is 1740 g/mol. The van der Waals surface area contributed by atoms with Crippen molar-refractivity contribution in [2.45, 2.75) is 40.0 Å². The zero-order chi connectivity index (χ0) is 86.8. The number of aromatic nitrogens is 4. The topological polar surface area (TPSA) is 63.1 Å². The van der Waals surface area contributed by atoms with Crippen LogP contribution in [0, 0.1) is 22.7 Å². The van der Waals surface area contributed by atoms with Gasteiger partial charge in [0.25, 0.3) is 0 Å². The van der Waals surface area contributed by atoms with Gasteiger partial charge in [-0.1, -0.05) is 218 Å². The van der Waals surface area contributed by atoms with Crippen LogP contribution >= 0.6 is 31.2 Å². The molecule has 4 aromatic heterocycles. The van der Waals surface area contributed by atoms with Gasteiger partial charge in [-0.15, -0.1) is 0 Å². The monoisotopic (exact) mass is 1740 g/mol. The normalized spacial score (nSPS) is 14.2. The Hall–Kier alpha value is -11.7. The zero-order valence-corrected chi connectivity index (χ0v) is 65.0. The van der Waals surface area contributed by atoms with Crippen molar-refractivity contribution >= 4 is 95.9 Å². The van der Waals surface area contributed by atoms with E-state index in [2.05, 4.69) is 335 Å². The van der Waals surface area contributed by atoms with Gasteiger partial charge in [-0.2, -0.15) is 10.5 Å². The van der Waals surface area contributed by atoms with E-state index in [9.17, 15) is 101 Å². The first kappa shape index (κ1) is 90.3. The number of hydrogen-bond donors (Lipinski definition) is 0. The molecule has 0 spiro atoms.